The number of amides is 1. The zero-order valence-electron chi connectivity index (χ0n) is 17.4. The van der Waals surface area contributed by atoms with Crippen LogP contribution in [0, 0.1) is 26.7 Å². The van der Waals surface area contributed by atoms with Gasteiger partial charge in [0.25, 0.3) is 5.91 Å². The van der Waals surface area contributed by atoms with E-state index in [2.05, 4.69) is 0 Å². The second kappa shape index (κ2) is 7.48. The van der Waals surface area contributed by atoms with Crippen molar-refractivity contribution in [2.24, 2.45) is 5.92 Å². The van der Waals surface area contributed by atoms with E-state index in [9.17, 15) is 14.7 Å². The maximum atomic E-state index is 12.8. The molecular weight excluding hydrogens is 370 g/mol. The first-order chi connectivity index (χ1) is 13.8. The largest absolute Gasteiger partial charge is 0.483 e. The Kier molecular flexibility index (Phi) is 5.15. The summed E-state index contributed by atoms with van der Waals surface area (Å²) in [5, 5.41) is 11.6. The van der Waals surface area contributed by atoms with Gasteiger partial charge in [0.2, 0.25) is 0 Å². The van der Waals surface area contributed by atoms with Crippen LogP contribution in [-0.2, 0) is 4.79 Å². The predicted molar refractivity (Wildman–Crippen MR) is 110 cm³/mol. The number of fused-ring (bicyclic) bond motifs is 2. The van der Waals surface area contributed by atoms with Crippen molar-refractivity contribution in [3.05, 3.63) is 39.2 Å². The molecule has 156 valence electrons. The number of likely N-dealkylation sites (tertiary alicyclic amines) is 1. The lowest BCUT2D eigenvalue weighted by atomic mass is 9.71. The number of carbonyl (C=O) groups excluding carboxylic acids is 1. The van der Waals surface area contributed by atoms with Gasteiger partial charge >= 0.3 is 5.63 Å². The van der Waals surface area contributed by atoms with Crippen molar-refractivity contribution in [1.29, 1.82) is 0 Å². The van der Waals surface area contributed by atoms with Crippen LogP contribution >= 0.6 is 0 Å². The van der Waals surface area contributed by atoms with Crippen LogP contribution in [-0.4, -0.2) is 41.2 Å². The molecule has 2 heterocycles. The van der Waals surface area contributed by atoms with Crippen LogP contribution in [0.15, 0.2) is 21.3 Å². The fraction of sp³-hybridized carbons (Fsp3) is 0.565. The minimum atomic E-state index is -0.602. The molecule has 4 rings (SSSR count). The lowest BCUT2D eigenvalue weighted by Gasteiger charge is -2.47. The van der Waals surface area contributed by atoms with Gasteiger partial charge in [0.15, 0.2) is 6.61 Å². The second-order valence-corrected chi connectivity index (χ2v) is 8.70. The van der Waals surface area contributed by atoms with Crippen LogP contribution in [0.3, 0.4) is 0 Å². The zero-order valence-corrected chi connectivity index (χ0v) is 17.4. The van der Waals surface area contributed by atoms with Gasteiger partial charge in [0.05, 0.1) is 11.0 Å². The van der Waals surface area contributed by atoms with E-state index in [4.69, 9.17) is 9.15 Å². The number of piperidine rings is 1. The van der Waals surface area contributed by atoms with Crippen molar-refractivity contribution in [2.75, 3.05) is 19.7 Å². The third-order valence-electron chi connectivity index (χ3n) is 6.79. The van der Waals surface area contributed by atoms with Gasteiger partial charge in [0.1, 0.15) is 11.3 Å². The molecule has 0 unspecified atom stereocenters. The minimum Gasteiger partial charge on any atom is -0.483 e. The summed E-state index contributed by atoms with van der Waals surface area (Å²) in [4.78, 5) is 26.6. The van der Waals surface area contributed by atoms with Crippen molar-refractivity contribution in [3.8, 4) is 5.75 Å². The average Bonchev–Trinajstić information content (AvgIpc) is 2.69. The zero-order chi connectivity index (χ0) is 20.8. The lowest BCUT2D eigenvalue weighted by molar-refractivity contribution is -0.145. The molecule has 1 aliphatic heterocycles. The van der Waals surface area contributed by atoms with E-state index in [1.807, 2.05) is 30.9 Å². The summed E-state index contributed by atoms with van der Waals surface area (Å²) in [7, 11) is 0. The highest BCUT2D eigenvalue weighted by Crippen LogP contribution is 2.39. The molecule has 1 N–H and O–H groups in total. The highest BCUT2D eigenvalue weighted by Gasteiger charge is 2.43. The van der Waals surface area contributed by atoms with Crippen LogP contribution in [0.5, 0.6) is 5.75 Å². The number of carbonyl (C=O) groups is 1. The highest BCUT2D eigenvalue weighted by atomic mass is 16.5. The Balaban J connectivity index is 1.52. The van der Waals surface area contributed by atoms with Crippen LogP contribution < -0.4 is 10.4 Å². The second-order valence-electron chi connectivity index (χ2n) is 8.70. The van der Waals surface area contributed by atoms with Crippen molar-refractivity contribution in [3.63, 3.8) is 0 Å². The smallest absolute Gasteiger partial charge is 0.339 e. The number of aliphatic hydroxyl groups is 1. The molecule has 2 atom stereocenters. The Morgan fingerprint density at radius 1 is 1.24 bits per heavy atom. The van der Waals surface area contributed by atoms with Gasteiger partial charge in [-0.05, 0) is 63.3 Å². The Hall–Kier alpha value is -2.34. The van der Waals surface area contributed by atoms with Crippen molar-refractivity contribution >= 4 is 16.9 Å². The first kappa shape index (κ1) is 20.0. The summed E-state index contributed by atoms with van der Waals surface area (Å²) in [5.41, 5.74) is 1.78. The highest BCUT2D eigenvalue weighted by molar-refractivity contribution is 5.88. The van der Waals surface area contributed by atoms with Crippen LogP contribution in [0.2, 0.25) is 0 Å². The van der Waals surface area contributed by atoms with Gasteiger partial charge in [-0.15, -0.1) is 0 Å². The molecule has 1 saturated carbocycles. The number of benzene rings is 1. The van der Waals surface area contributed by atoms with Gasteiger partial charge in [-0.25, -0.2) is 4.79 Å². The summed E-state index contributed by atoms with van der Waals surface area (Å²) in [6.07, 6.45) is 4.64. The van der Waals surface area contributed by atoms with Crippen molar-refractivity contribution in [2.45, 2.75) is 58.5 Å². The molecule has 6 nitrogen and oxygen atoms in total. The summed E-state index contributed by atoms with van der Waals surface area (Å²) >= 11 is 0. The molecule has 2 aliphatic rings. The molecule has 1 amide bonds. The van der Waals surface area contributed by atoms with Gasteiger partial charge < -0.3 is 19.2 Å². The predicted octanol–water partition coefficient (Wildman–Crippen LogP) is 3.25. The normalized spacial score (nSPS) is 24.4. The van der Waals surface area contributed by atoms with Crippen LogP contribution in [0.25, 0.3) is 11.0 Å². The van der Waals surface area contributed by atoms with E-state index in [1.54, 1.807) is 6.92 Å². The summed E-state index contributed by atoms with van der Waals surface area (Å²) < 4.78 is 11.4. The lowest BCUT2D eigenvalue weighted by Crippen LogP contribution is -2.55. The van der Waals surface area contributed by atoms with Crippen LogP contribution in [0.4, 0.5) is 0 Å². The molecule has 0 radical (unpaired) electrons. The molecule has 1 aromatic heterocycles. The van der Waals surface area contributed by atoms with E-state index in [0.717, 1.165) is 42.2 Å². The monoisotopic (exact) mass is 399 g/mol. The van der Waals surface area contributed by atoms with Crippen molar-refractivity contribution in [1.82, 2.24) is 4.90 Å². The number of hydrogen-bond donors (Lipinski definition) is 1. The number of ether oxygens (including phenoxy) is 1. The summed E-state index contributed by atoms with van der Waals surface area (Å²) in [6.45, 7) is 6.60. The number of nitrogens with zero attached hydrogens (tertiary/aromatic N) is 1. The van der Waals surface area contributed by atoms with Crippen LogP contribution in [0.1, 0.15) is 48.8 Å². The van der Waals surface area contributed by atoms with E-state index in [1.165, 1.54) is 0 Å². The van der Waals surface area contributed by atoms with Gasteiger partial charge in [-0.3, -0.25) is 4.79 Å². The molecular formula is C23H29NO5. The Morgan fingerprint density at radius 3 is 2.83 bits per heavy atom. The maximum Gasteiger partial charge on any atom is 0.339 e. The number of rotatable bonds is 3. The molecule has 1 aromatic carbocycles. The summed E-state index contributed by atoms with van der Waals surface area (Å²) in [6, 6.07) is 3.69. The van der Waals surface area contributed by atoms with E-state index >= 15 is 0 Å². The molecule has 6 heteroatoms. The third-order valence-corrected chi connectivity index (χ3v) is 6.79. The topological polar surface area (TPSA) is 80.0 Å². The molecule has 2 fully saturated rings. The molecule has 0 bridgehead atoms. The average molecular weight is 399 g/mol. The fourth-order valence-electron chi connectivity index (χ4n) is 4.83. The van der Waals surface area contributed by atoms with Gasteiger partial charge in [0, 0.05) is 24.6 Å². The quantitative estimate of drug-likeness (QED) is 0.802. The number of hydrogen-bond acceptors (Lipinski definition) is 5. The maximum absolute atomic E-state index is 12.8. The molecule has 0 spiro atoms. The first-order valence-electron chi connectivity index (χ1n) is 10.5. The third kappa shape index (κ3) is 3.66. The van der Waals surface area contributed by atoms with E-state index in [0.29, 0.717) is 36.4 Å². The standard InChI is InChI=1S/C23H29NO5/c1-14-10-18(21-15(2)16(3)22(26)29-19(21)11-14)28-13-20(25)24-9-8-23(27)7-5-4-6-17(23)12-24/h10-11,17,27H,4-9,12-13H2,1-3H3/t17-,23+/m0/s1. The Labute approximate surface area is 170 Å². The van der Waals surface area contributed by atoms with Gasteiger partial charge in [-0.2, -0.15) is 0 Å². The summed E-state index contributed by atoms with van der Waals surface area (Å²) in [5.74, 6) is 0.649. The molecule has 2 aromatic rings. The Morgan fingerprint density at radius 2 is 2.03 bits per heavy atom. The van der Waals surface area contributed by atoms with Gasteiger partial charge in [-0.1, -0.05) is 12.8 Å². The molecule has 29 heavy (non-hydrogen) atoms. The first-order valence-corrected chi connectivity index (χ1v) is 10.5. The van der Waals surface area contributed by atoms with E-state index in [-0.39, 0.29) is 24.1 Å². The van der Waals surface area contributed by atoms with E-state index < -0.39 is 5.60 Å². The van der Waals surface area contributed by atoms with Crippen molar-refractivity contribution < 1.29 is 19.1 Å². The number of aryl methyl sites for hydroxylation is 2. The SMILES string of the molecule is Cc1cc(OCC(=O)N2CC[C@]3(O)CCCC[C@H]3C2)c2c(C)c(C)c(=O)oc2c1. The minimum absolute atomic E-state index is 0.0681. The molecule has 1 aliphatic carbocycles. The Bertz CT molecular complexity index is 1010. The molecule has 1 saturated heterocycles. The fourth-order valence-corrected chi connectivity index (χ4v) is 4.83.